The summed E-state index contributed by atoms with van der Waals surface area (Å²) in [6, 6.07) is 18.5. The van der Waals surface area contributed by atoms with Crippen molar-refractivity contribution in [3.63, 3.8) is 0 Å². The molecule has 0 spiro atoms. The number of fused-ring (bicyclic) bond motifs is 1. The van der Waals surface area contributed by atoms with Crippen molar-refractivity contribution in [3.8, 4) is 23.0 Å². The third kappa shape index (κ3) is 5.32. The van der Waals surface area contributed by atoms with E-state index in [0.29, 0.717) is 41.1 Å². The number of hydrogen-bond donors (Lipinski definition) is 2. The third-order valence-corrected chi connectivity index (χ3v) is 5.90. The summed E-state index contributed by atoms with van der Waals surface area (Å²) in [4.78, 5) is 17.2. The Kier molecular flexibility index (Phi) is 7.34. The summed E-state index contributed by atoms with van der Waals surface area (Å²) in [5.41, 5.74) is 2.10. The Morgan fingerprint density at radius 3 is 2.35 bits per heavy atom. The lowest BCUT2D eigenvalue weighted by atomic mass is 10.2. The molecule has 0 atom stereocenters. The number of amides is 1. The molecule has 4 rings (SSSR count). The van der Waals surface area contributed by atoms with Crippen LogP contribution >= 0.6 is 11.3 Å². The van der Waals surface area contributed by atoms with E-state index in [2.05, 4.69) is 15.6 Å². The van der Waals surface area contributed by atoms with Crippen LogP contribution in [0.2, 0.25) is 0 Å². The summed E-state index contributed by atoms with van der Waals surface area (Å²) in [5.74, 6) is 2.21. The van der Waals surface area contributed by atoms with Crippen molar-refractivity contribution in [1.82, 2.24) is 10.3 Å². The highest BCUT2D eigenvalue weighted by Crippen LogP contribution is 2.41. The van der Waals surface area contributed by atoms with Crippen LogP contribution in [0.3, 0.4) is 0 Å². The molecular weight excluding hydrogens is 454 g/mol. The molecule has 1 aromatic heterocycles. The molecule has 0 bridgehead atoms. The fourth-order valence-electron chi connectivity index (χ4n) is 3.35. The van der Waals surface area contributed by atoms with E-state index in [1.807, 2.05) is 54.6 Å². The molecule has 9 heteroatoms. The second kappa shape index (κ2) is 10.8. The average molecular weight is 480 g/mol. The minimum Gasteiger partial charge on any atom is -0.493 e. The molecule has 0 aliphatic rings. The number of methoxy groups -OCH3 is 3. The van der Waals surface area contributed by atoms with Gasteiger partial charge in [0.1, 0.15) is 12.4 Å². The minimum absolute atomic E-state index is 0.161. The number of nitrogens with zero attached hydrogens (tertiary/aromatic N) is 1. The summed E-state index contributed by atoms with van der Waals surface area (Å²) >= 11 is 1.45. The van der Waals surface area contributed by atoms with E-state index in [1.165, 1.54) is 11.3 Å². The Balaban J connectivity index is 1.42. The van der Waals surface area contributed by atoms with E-state index in [9.17, 15) is 4.79 Å². The zero-order valence-electron chi connectivity index (χ0n) is 19.1. The molecule has 0 radical (unpaired) electrons. The fourth-order valence-corrected chi connectivity index (χ4v) is 4.27. The number of rotatable bonds is 10. The zero-order valence-corrected chi connectivity index (χ0v) is 19.9. The predicted molar refractivity (Wildman–Crippen MR) is 133 cm³/mol. The summed E-state index contributed by atoms with van der Waals surface area (Å²) < 4.78 is 22.7. The quantitative estimate of drug-likeness (QED) is 0.314. The van der Waals surface area contributed by atoms with Gasteiger partial charge in [0.25, 0.3) is 5.91 Å². The number of para-hydroxylation sites is 1. The lowest BCUT2D eigenvalue weighted by Crippen LogP contribution is -2.28. The van der Waals surface area contributed by atoms with Crippen molar-refractivity contribution in [1.29, 1.82) is 0 Å². The number of hydrogen-bond acceptors (Lipinski definition) is 8. The van der Waals surface area contributed by atoms with Gasteiger partial charge in [0.2, 0.25) is 5.75 Å². The van der Waals surface area contributed by atoms with Crippen LogP contribution in [0.1, 0.15) is 10.4 Å². The topological polar surface area (TPSA) is 90.9 Å². The molecule has 0 saturated heterocycles. The second-order valence-electron chi connectivity index (χ2n) is 7.16. The Morgan fingerprint density at radius 1 is 0.941 bits per heavy atom. The number of thiazole rings is 1. The van der Waals surface area contributed by atoms with Crippen LogP contribution in [0, 0.1) is 0 Å². The normalized spacial score (nSPS) is 10.6. The Morgan fingerprint density at radius 2 is 1.68 bits per heavy atom. The highest BCUT2D eigenvalue weighted by atomic mass is 32.1. The Labute approximate surface area is 201 Å². The zero-order chi connectivity index (χ0) is 23.9. The largest absolute Gasteiger partial charge is 0.493 e. The monoisotopic (exact) mass is 479 g/mol. The van der Waals surface area contributed by atoms with Crippen LogP contribution < -0.4 is 29.6 Å². The maximum Gasteiger partial charge on any atom is 0.251 e. The molecule has 0 unspecified atom stereocenters. The first kappa shape index (κ1) is 23.2. The van der Waals surface area contributed by atoms with Gasteiger partial charge in [-0.2, -0.15) is 0 Å². The first-order valence-electron chi connectivity index (χ1n) is 10.5. The molecule has 8 nitrogen and oxygen atoms in total. The van der Waals surface area contributed by atoms with Gasteiger partial charge in [-0.3, -0.25) is 4.79 Å². The van der Waals surface area contributed by atoms with Crippen LogP contribution in [-0.4, -0.2) is 45.4 Å². The van der Waals surface area contributed by atoms with Crippen LogP contribution in [-0.2, 0) is 0 Å². The van der Waals surface area contributed by atoms with Gasteiger partial charge in [0.15, 0.2) is 16.6 Å². The van der Waals surface area contributed by atoms with Gasteiger partial charge in [0.05, 0.1) is 38.1 Å². The Hall–Kier alpha value is -3.98. The first-order chi connectivity index (χ1) is 16.6. The van der Waals surface area contributed by atoms with E-state index < -0.39 is 0 Å². The van der Waals surface area contributed by atoms with Gasteiger partial charge in [-0.15, -0.1) is 0 Å². The summed E-state index contributed by atoms with van der Waals surface area (Å²) in [5, 5.41) is 6.84. The van der Waals surface area contributed by atoms with Gasteiger partial charge in [0, 0.05) is 23.4 Å². The number of carbonyl (C=O) groups excluding carboxylic acids is 1. The van der Waals surface area contributed by atoms with Crippen molar-refractivity contribution in [2.75, 3.05) is 39.8 Å². The van der Waals surface area contributed by atoms with E-state index >= 15 is 0 Å². The summed E-state index contributed by atoms with van der Waals surface area (Å²) in [6.45, 7) is 0.795. The van der Waals surface area contributed by atoms with E-state index in [-0.39, 0.29) is 5.91 Å². The number of anilines is 2. The van der Waals surface area contributed by atoms with Crippen molar-refractivity contribution in [3.05, 3.63) is 66.2 Å². The van der Waals surface area contributed by atoms with E-state index in [1.54, 1.807) is 27.4 Å². The summed E-state index contributed by atoms with van der Waals surface area (Å²) in [7, 11) is 4.70. The van der Waals surface area contributed by atoms with Crippen molar-refractivity contribution in [2.24, 2.45) is 0 Å². The highest BCUT2D eigenvalue weighted by Gasteiger charge is 2.15. The average Bonchev–Trinajstić information content (AvgIpc) is 3.27. The summed E-state index contributed by atoms with van der Waals surface area (Å²) in [6.07, 6.45) is 0. The van der Waals surface area contributed by atoms with Gasteiger partial charge in [-0.25, -0.2) is 4.98 Å². The number of aromatic nitrogens is 1. The highest BCUT2D eigenvalue weighted by molar-refractivity contribution is 7.22. The van der Waals surface area contributed by atoms with Crippen LogP contribution in [0.5, 0.6) is 23.0 Å². The standard InChI is InChI=1S/C25H25N3O5S/c1-30-20-14-17(15-21(31-2)23(20)32-3)27-25-28-19-10-9-16(13-22(19)34-25)24(29)26-11-12-33-18-7-5-4-6-8-18/h4-10,13-15H,11-12H2,1-3H3,(H,26,29)(H,27,28). The number of benzene rings is 3. The maximum absolute atomic E-state index is 12.6. The predicted octanol–water partition coefficient (Wildman–Crippen LogP) is 4.87. The molecular formula is C25H25N3O5S. The van der Waals surface area contributed by atoms with Crippen molar-refractivity contribution >= 4 is 38.3 Å². The molecule has 1 heterocycles. The van der Waals surface area contributed by atoms with Gasteiger partial charge < -0.3 is 29.6 Å². The SMILES string of the molecule is COc1cc(Nc2nc3ccc(C(=O)NCCOc4ccccc4)cc3s2)cc(OC)c1OC. The van der Waals surface area contributed by atoms with E-state index in [4.69, 9.17) is 18.9 Å². The Bertz CT molecular complexity index is 1250. The van der Waals surface area contributed by atoms with Gasteiger partial charge >= 0.3 is 0 Å². The second-order valence-corrected chi connectivity index (χ2v) is 8.19. The first-order valence-corrected chi connectivity index (χ1v) is 11.4. The molecule has 2 N–H and O–H groups in total. The lowest BCUT2D eigenvalue weighted by molar-refractivity contribution is 0.0947. The minimum atomic E-state index is -0.161. The van der Waals surface area contributed by atoms with Gasteiger partial charge in [-0.05, 0) is 30.3 Å². The fraction of sp³-hybridized carbons (Fsp3) is 0.200. The molecule has 0 aliphatic heterocycles. The van der Waals surface area contributed by atoms with Crippen molar-refractivity contribution < 1.29 is 23.7 Å². The smallest absolute Gasteiger partial charge is 0.251 e. The lowest BCUT2D eigenvalue weighted by Gasteiger charge is -2.14. The van der Waals surface area contributed by atoms with Crippen molar-refractivity contribution in [2.45, 2.75) is 0 Å². The van der Waals surface area contributed by atoms with Crippen LogP contribution in [0.25, 0.3) is 10.2 Å². The maximum atomic E-state index is 12.6. The van der Waals surface area contributed by atoms with Crippen LogP contribution in [0.4, 0.5) is 10.8 Å². The van der Waals surface area contributed by atoms with Crippen LogP contribution in [0.15, 0.2) is 60.7 Å². The number of carbonyl (C=O) groups is 1. The van der Waals surface area contributed by atoms with E-state index in [0.717, 1.165) is 21.7 Å². The number of ether oxygens (including phenoxy) is 4. The molecule has 0 fully saturated rings. The molecule has 0 aliphatic carbocycles. The van der Waals surface area contributed by atoms with Gasteiger partial charge in [-0.1, -0.05) is 29.5 Å². The molecule has 34 heavy (non-hydrogen) atoms. The molecule has 0 saturated carbocycles. The molecule has 3 aromatic carbocycles. The molecule has 4 aromatic rings. The number of nitrogens with one attached hydrogen (secondary N) is 2. The third-order valence-electron chi connectivity index (χ3n) is 4.97. The molecule has 176 valence electrons. The molecule has 1 amide bonds.